The number of amides is 1. The highest BCUT2D eigenvalue weighted by molar-refractivity contribution is 7.89. The van der Waals surface area contributed by atoms with E-state index in [4.69, 9.17) is 23.2 Å². The lowest BCUT2D eigenvalue weighted by atomic mass is 10.2. The van der Waals surface area contributed by atoms with Crippen molar-refractivity contribution in [2.75, 3.05) is 19.4 Å². The first-order chi connectivity index (χ1) is 12.9. The second-order valence-corrected chi connectivity index (χ2v) is 9.01. The smallest absolute Gasteiger partial charge is 0.286 e. The van der Waals surface area contributed by atoms with Gasteiger partial charge in [-0.2, -0.15) is 0 Å². The molecule has 9 nitrogen and oxygen atoms in total. The molecule has 0 aliphatic carbocycles. The van der Waals surface area contributed by atoms with Crippen LogP contribution in [0.25, 0.3) is 0 Å². The summed E-state index contributed by atoms with van der Waals surface area (Å²) >= 11 is 11.4. The molecule has 0 atom stereocenters. The number of aryl methyl sites for hydroxylation is 1. The highest BCUT2D eigenvalue weighted by Crippen LogP contribution is 2.22. The number of carbonyl (C=O) groups is 1. The molecular weight excluding hydrogens is 431 g/mol. The van der Waals surface area contributed by atoms with Crippen molar-refractivity contribution < 1.29 is 13.2 Å². The van der Waals surface area contributed by atoms with Crippen molar-refractivity contribution >= 4 is 44.8 Å². The Hall–Kier alpha value is -2.14. The normalized spacial score (nSPS) is 11.7. The number of hydrogen-bond acceptors (Lipinski definition) is 5. The van der Waals surface area contributed by atoms with E-state index in [0.717, 1.165) is 13.7 Å². The maximum Gasteiger partial charge on any atom is 0.286 e. The molecule has 0 aliphatic rings. The van der Waals surface area contributed by atoms with Gasteiger partial charge in [-0.15, -0.1) is 0 Å². The van der Waals surface area contributed by atoms with Gasteiger partial charge in [-0.25, -0.2) is 22.1 Å². The van der Waals surface area contributed by atoms with Crippen LogP contribution in [0.1, 0.15) is 5.56 Å². The first-order valence-corrected chi connectivity index (χ1v) is 10.1. The van der Waals surface area contributed by atoms with Crippen LogP contribution < -0.4 is 16.4 Å². The number of benzene rings is 1. The van der Waals surface area contributed by atoms with Crippen LogP contribution in [-0.2, 0) is 28.4 Å². The highest BCUT2D eigenvalue weighted by atomic mass is 35.5. The number of sulfonamides is 1. The molecule has 12 heteroatoms. The molecule has 0 unspecified atom stereocenters. The number of aromatic nitrogens is 2. The quantitative estimate of drug-likeness (QED) is 0.734. The number of nitrogens with one attached hydrogen (secondary N) is 1. The van der Waals surface area contributed by atoms with Gasteiger partial charge in [-0.3, -0.25) is 14.4 Å². The number of anilines is 1. The second kappa shape index (κ2) is 8.08. The topological polar surface area (TPSA) is 110 Å². The monoisotopic (exact) mass is 448 g/mol. The van der Waals surface area contributed by atoms with Crippen LogP contribution in [-0.4, -0.2) is 42.1 Å². The van der Waals surface area contributed by atoms with Crippen LogP contribution in [0.3, 0.4) is 0 Å². The summed E-state index contributed by atoms with van der Waals surface area (Å²) in [6, 6.07) is 4.39. The van der Waals surface area contributed by atoms with Crippen LogP contribution in [0.4, 0.5) is 5.69 Å². The van der Waals surface area contributed by atoms with E-state index in [2.05, 4.69) is 5.32 Å². The fourth-order valence-electron chi connectivity index (χ4n) is 2.36. The van der Waals surface area contributed by atoms with E-state index in [9.17, 15) is 22.8 Å². The van der Waals surface area contributed by atoms with Gasteiger partial charge in [-0.1, -0.05) is 29.3 Å². The number of nitrogens with zero attached hydrogens (tertiary/aromatic N) is 3. The van der Waals surface area contributed by atoms with Gasteiger partial charge >= 0.3 is 0 Å². The van der Waals surface area contributed by atoms with Crippen LogP contribution in [0.2, 0.25) is 10.0 Å². The molecule has 0 radical (unpaired) electrons. The Labute approximate surface area is 171 Å². The first-order valence-electron chi connectivity index (χ1n) is 7.86. The van der Waals surface area contributed by atoms with E-state index in [-0.39, 0.29) is 10.6 Å². The standard InChI is InChI=1S/C16H18Cl2N4O5S/c1-9-5-6-10(7-11(9)28(26,27)20(2)3)19-12(23)8-22-16(25)14(18)13(17)15(24)21(22)4/h5-7H,8H2,1-4H3,(H,19,23). The van der Waals surface area contributed by atoms with Gasteiger partial charge in [-0.05, 0) is 24.6 Å². The van der Waals surface area contributed by atoms with Gasteiger partial charge in [0.05, 0.1) is 4.90 Å². The molecule has 0 saturated heterocycles. The van der Waals surface area contributed by atoms with Gasteiger partial charge in [0.1, 0.15) is 16.6 Å². The zero-order valence-electron chi connectivity index (χ0n) is 15.5. The van der Waals surface area contributed by atoms with Crippen molar-refractivity contribution in [2.24, 2.45) is 7.05 Å². The zero-order valence-corrected chi connectivity index (χ0v) is 17.8. The van der Waals surface area contributed by atoms with Gasteiger partial charge in [0.2, 0.25) is 15.9 Å². The van der Waals surface area contributed by atoms with Crippen LogP contribution in [0.15, 0.2) is 32.7 Å². The molecule has 0 fully saturated rings. The highest BCUT2D eigenvalue weighted by Gasteiger charge is 2.21. The van der Waals surface area contributed by atoms with Gasteiger partial charge in [0, 0.05) is 26.8 Å². The van der Waals surface area contributed by atoms with Crippen LogP contribution in [0.5, 0.6) is 0 Å². The van der Waals surface area contributed by atoms with E-state index >= 15 is 0 Å². The van der Waals surface area contributed by atoms with Crippen molar-refractivity contribution in [3.8, 4) is 0 Å². The molecule has 28 heavy (non-hydrogen) atoms. The summed E-state index contributed by atoms with van der Waals surface area (Å²) in [6.07, 6.45) is 0. The van der Waals surface area contributed by atoms with E-state index in [1.165, 1.54) is 33.3 Å². The Bertz CT molecular complexity index is 1170. The molecule has 1 aromatic heterocycles. The SMILES string of the molecule is Cc1ccc(NC(=O)Cn2c(=O)c(Cl)c(Cl)c(=O)n2C)cc1S(=O)(=O)N(C)C. The van der Waals surface area contributed by atoms with Gasteiger partial charge < -0.3 is 5.32 Å². The fourth-order valence-corrected chi connectivity index (χ4v) is 3.88. The zero-order chi connectivity index (χ0) is 21.4. The van der Waals surface area contributed by atoms with Crippen molar-refractivity contribution in [1.29, 1.82) is 0 Å². The average Bonchev–Trinajstić information content (AvgIpc) is 2.63. The first kappa shape index (κ1) is 22.2. The Kier molecular flexibility index (Phi) is 6.39. The Morgan fingerprint density at radius 3 is 2.29 bits per heavy atom. The third kappa shape index (κ3) is 4.14. The fraction of sp³-hybridized carbons (Fsp3) is 0.312. The summed E-state index contributed by atoms with van der Waals surface area (Å²) in [7, 11) is 0.366. The minimum atomic E-state index is -3.70. The molecule has 0 bridgehead atoms. The maximum absolute atomic E-state index is 12.4. The molecule has 0 aliphatic heterocycles. The number of hydrogen-bond donors (Lipinski definition) is 1. The van der Waals surface area contributed by atoms with Gasteiger partial charge in [0.15, 0.2) is 0 Å². The Morgan fingerprint density at radius 2 is 1.71 bits per heavy atom. The largest absolute Gasteiger partial charge is 0.324 e. The summed E-state index contributed by atoms with van der Waals surface area (Å²) in [5.41, 5.74) is -0.804. The molecule has 0 spiro atoms. The van der Waals surface area contributed by atoms with Crippen molar-refractivity contribution in [3.05, 3.63) is 54.5 Å². The predicted octanol–water partition coefficient (Wildman–Crippen LogP) is 1.05. The third-order valence-electron chi connectivity index (χ3n) is 3.98. The molecular formula is C16H18Cl2N4O5S. The minimum Gasteiger partial charge on any atom is -0.324 e. The molecule has 1 heterocycles. The van der Waals surface area contributed by atoms with Crippen molar-refractivity contribution in [1.82, 2.24) is 13.7 Å². The summed E-state index contributed by atoms with van der Waals surface area (Å²) in [5, 5.41) is 1.60. The van der Waals surface area contributed by atoms with Crippen LogP contribution >= 0.6 is 23.2 Å². The van der Waals surface area contributed by atoms with E-state index in [0.29, 0.717) is 5.56 Å². The number of halogens is 2. The molecule has 2 rings (SSSR count). The number of rotatable bonds is 5. The lowest BCUT2D eigenvalue weighted by Gasteiger charge is -2.16. The maximum atomic E-state index is 12.4. The van der Waals surface area contributed by atoms with E-state index in [1.54, 1.807) is 13.0 Å². The predicted molar refractivity (Wildman–Crippen MR) is 107 cm³/mol. The molecule has 2 aromatic rings. The molecule has 1 N–H and O–H groups in total. The van der Waals surface area contributed by atoms with Gasteiger partial charge in [0.25, 0.3) is 11.1 Å². The van der Waals surface area contributed by atoms with Crippen molar-refractivity contribution in [3.63, 3.8) is 0 Å². The summed E-state index contributed by atoms with van der Waals surface area (Å²) < 4.78 is 27.5. The lowest BCUT2D eigenvalue weighted by molar-refractivity contribution is -0.117. The Balaban J connectivity index is 2.36. The summed E-state index contributed by atoms with van der Waals surface area (Å²) in [6.45, 7) is 1.11. The van der Waals surface area contributed by atoms with E-state index < -0.39 is 43.6 Å². The Morgan fingerprint density at radius 1 is 1.14 bits per heavy atom. The number of carbonyl (C=O) groups excluding carboxylic acids is 1. The average molecular weight is 449 g/mol. The van der Waals surface area contributed by atoms with Crippen LogP contribution in [0, 0.1) is 6.92 Å². The second-order valence-electron chi connectivity index (χ2n) is 6.14. The molecule has 152 valence electrons. The third-order valence-corrected chi connectivity index (χ3v) is 6.74. The minimum absolute atomic E-state index is 0.0365. The molecule has 0 saturated carbocycles. The molecule has 1 amide bonds. The van der Waals surface area contributed by atoms with E-state index in [1.807, 2.05) is 0 Å². The summed E-state index contributed by atoms with van der Waals surface area (Å²) in [5.74, 6) is -0.660. The van der Waals surface area contributed by atoms with Crippen molar-refractivity contribution in [2.45, 2.75) is 18.4 Å². The molecule has 1 aromatic carbocycles. The lowest BCUT2D eigenvalue weighted by Crippen LogP contribution is -2.40. The summed E-state index contributed by atoms with van der Waals surface area (Å²) in [4.78, 5) is 36.5.